The van der Waals surface area contributed by atoms with E-state index in [1.165, 1.54) is 31.5 Å². The number of hydrogen-bond acceptors (Lipinski definition) is 3. The molecule has 21 heavy (non-hydrogen) atoms. The molecule has 0 saturated carbocycles. The number of halogens is 1. The Hall–Kier alpha value is -1.49. The highest BCUT2D eigenvalue weighted by molar-refractivity contribution is 5.94. The number of pyridine rings is 1. The SMILES string of the molecule is CCCCCCCN(CCCO)C(=O)c1ccnc(F)c1. The minimum atomic E-state index is -0.647. The summed E-state index contributed by atoms with van der Waals surface area (Å²) in [5.74, 6) is -0.842. The Bertz CT molecular complexity index is 426. The Kier molecular flexibility index (Phi) is 8.59. The van der Waals surface area contributed by atoms with E-state index in [0.29, 0.717) is 25.1 Å². The minimum absolute atomic E-state index is 0.0460. The molecular weight excluding hydrogens is 271 g/mol. The molecule has 0 aromatic carbocycles. The Morgan fingerprint density at radius 1 is 1.24 bits per heavy atom. The van der Waals surface area contributed by atoms with E-state index in [9.17, 15) is 9.18 Å². The molecule has 0 unspecified atom stereocenters. The molecule has 1 aromatic rings. The second kappa shape index (κ2) is 10.3. The van der Waals surface area contributed by atoms with Crippen LogP contribution in [0.4, 0.5) is 4.39 Å². The zero-order chi connectivity index (χ0) is 15.5. The first kappa shape index (κ1) is 17.6. The number of aliphatic hydroxyl groups excluding tert-OH is 1. The summed E-state index contributed by atoms with van der Waals surface area (Å²) >= 11 is 0. The van der Waals surface area contributed by atoms with Crippen LogP contribution in [-0.2, 0) is 0 Å². The van der Waals surface area contributed by atoms with E-state index in [4.69, 9.17) is 5.11 Å². The zero-order valence-electron chi connectivity index (χ0n) is 12.7. The van der Waals surface area contributed by atoms with Crippen LogP contribution in [0.1, 0.15) is 55.8 Å². The summed E-state index contributed by atoms with van der Waals surface area (Å²) in [6.45, 7) is 3.35. The summed E-state index contributed by atoms with van der Waals surface area (Å²) < 4.78 is 13.1. The van der Waals surface area contributed by atoms with Crippen LogP contribution in [0.2, 0.25) is 0 Å². The lowest BCUT2D eigenvalue weighted by Crippen LogP contribution is -2.33. The average Bonchev–Trinajstić information content (AvgIpc) is 2.49. The molecular formula is C16H25FN2O2. The van der Waals surface area contributed by atoms with Crippen molar-refractivity contribution in [1.29, 1.82) is 0 Å². The summed E-state index contributed by atoms with van der Waals surface area (Å²) in [5, 5.41) is 8.95. The second-order valence-electron chi connectivity index (χ2n) is 5.15. The van der Waals surface area contributed by atoms with Crippen LogP contribution in [0.15, 0.2) is 18.3 Å². The monoisotopic (exact) mass is 296 g/mol. The van der Waals surface area contributed by atoms with Crippen molar-refractivity contribution in [2.75, 3.05) is 19.7 Å². The van der Waals surface area contributed by atoms with Crippen LogP contribution in [0.5, 0.6) is 0 Å². The first-order valence-electron chi connectivity index (χ1n) is 7.70. The summed E-state index contributed by atoms with van der Waals surface area (Å²) in [4.78, 5) is 17.5. The van der Waals surface area contributed by atoms with E-state index in [1.54, 1.807) is 4.90 Å². The topological polar surface area (TPSA) is 53.4 Å². The van der Waals surface area contributed by atoms with Crippen molar-refractivity contribution < 1.29 is 14.3 Å². The highest BCUT2D eigenvalue weighted by Crippen LogP contribution is 2.09. The molecule has 1 rings (SSSR count). The highest BCUT2D eigenvalue weighted by Gasteiger charge is 2.15. The Morgan fingerprint density at radius 2 is 1.95 bits per heavy atom. The summed E-state index contributed by atoms with van der Waals surface area (Å²) in [6, 6.07) is 2.68. The molecule has 0 radical (unpaired) electrons. The molecule has 0 saturated heterocycles. The average molecular weight is 296 g/mol. The number of aliphatic hydroxyl groups is 1. The standard InChI is InChI=1S/C16H25FN2O2/c1-2-3-4-5-6-10-19(11-7-12-20)16(21)14-8-9-18-15(17)13-14/h8-9,13,20H,2-7,10-12H2,1H3. The predicted octanol–water partition coefficient (Wildman–Crippen LogP) is 3.02. The van der Waals surface area contributed by atoms with E-state index in [2.05, 4.69) is 11.9 Å². The van der Waals surface area contributed by atoms with Gasteiger partial charge in [-0.25, -0.2) is 4.98 Å². The number of amides is 1. The molecule has 118 valence electrons. The van der Waals surface area contributed by atoms with Gasteiger partial charge in [-0.15, -0.1) is 0 Å². The number of hydrogen-bond donors (Lipinski definition) is 1. The minimum Gasteiger partial charge on any atom is -0.396 e. The third-order valence-corrected chi connectivity index (χ3v) is 3.38. The maximum Gasteiger partial charge on any atom is 0.254 e. The van der Waals surface area contributed by atoms with Gasteiger partial charge in [0.15, 0.2) is 0 Å². The fraction of sp³-hybridized carbons (Fsp3) is 0.625. The van der Waals surface area contributed by atoms with Gasteiger partial charge in [-0.1, -0.05) is 32.6 Å². The molecule has 0 aliphatic carbocycles. The van der Waals surface area contributed by atoms with Gasteiger partial charge in [0.1, 0.15) is 0 Å². The predicted molar refractivity (Wildman–Crippen MR) is 80.6 cm³/mol. The van der Waals surface area contributed by atoms with E-state index in [1.807, 2.05) is 0 Å². The lowest BCUT2D eigenvalue weighted by Gasteiger charge is -2.22. The first-order valence-corrected chi connectivity index (χ1v) is 7.70. The third kappa shape index (κ3) is 6.67. The quantitative estimate of drug-likeness (QED) is 0.533. The zero-order valence-corrected chi connectivity index (χ0v) is 12.7. The van der Waals surface area contributed by atoms with Gasteiger partial charge in [-0.05, 0) is 18.9 Å². The van der Waals surface area contributed by atoms with Gasteiger partial charge in [0.05, 0.1) is 0 Å². The fourth-order valence-corrected chi connectivity index (χ4v) is 2.20. The van der Waals surface area contributed by atoms with Crippen molar-refractivity contribution in [2.45, 2.75) is 45.4 Å². The van der Waals surface area contributed by atoms with Crippen molar-refractivity contribution in [1.82, 2.24) is 9.88 Å². The van der Waals surface area contributed by atoms with Gasteiger partial charge >= 0.3 is 0 Å². The highest BCUT2D eigenvalue weighted by atomic mass is 19.1. The van der Waals surface area contributed by atoms with Crippen molar-refractivity contribution >= 4 is 5.91 Å². The lowest BCUT2D eigenvalue weighted by atomic mass is 10.1. The van der Waals surface area contributed by atoms with E-state index >= 15 is 0 Å². The number of rotatable bonds is 10. The molecule has 1 amide bonds. The van der Waals surface area contributed by atoms with Crippen molar-refractivity contribution in [3.05, 3.63) is 29.8 Å². The summed E-state index contributed by atoms with van der Waals surface area (Å²) in [6.07, 6.45) is 7.42. The largest absolute Gasteiger partial charge is 0.396 e. The van der Waals surface area contributed by atoms with Gasteiger partial charge in [0, 0.05) is 37.5 Å². The Balaban J connectivity index is 2.56. The number of unbranched alkanes of at least 4 members (excludes halogenated alkanes) is 4. The maximum absolute atomic E-state index is 13.1. The van der Waals surface area contributed by atoms with Crippen LogP contribution in [0.3, 0.4) is 0 Å². The molecule has 0 spiro atoms. The molecule has 0 aliphatic rings. The van der Waals surface area contributed by atoms with Gasteiger partial charge in [-0.2, -0.15) is 4.39 Å². The lowest BCUT2D eigenvalue weighted by molar-refractivity contribution is 0.0741. The molecule has 5 heteroatoms. The summed E-state index contributed by atoms with van der Waals surface area (Å²) in [5.41, 5.74) is 0.314. The molecule has 0 aliphatic heterocycles. The second-order valence-corrected chi connectivity index (χ2v) is 5.15. The fourth-order valence-electron chi connectivity index (χ4n) is 2.20. The van der Waals surface area contributed by atoms with Gasteiger partial charge in [0.25, 0.3) is 5.91 Å². The van der Waals surface area contributed by atoms with Gasteiger partial charge in [0.2, 0.25) is 5.95 Å². The van der Waals surface area contributed by atoms with Gasteiger partial charge < -0.3 is 10.0 Å². The van der Waals surface area contributed by atoms with Gasteiger partial charge in [-0.3, -0.25) is 4.79 Å². The van der Waals surface area contributed by atoms with Crippen molar-refractivity contribution in [3.63, 3.8) is 0 Å². The molecule has 0 atom stereocenters. The molecule has 1 heterocycles. The van der Waals surface area contributed by atoms with Crippen molar-refractivity contribution in [2.24, 2.45) is 0 Å². The molecule has 1 N–H and O–H groups in total. The third-order valence-electron chi connectivity index (χ3n) is 3.38. The first-order chi connectivity index (χ1) is 10.2. The van der Waals surface area contributed by atoms with Crippen LogP contribution >= 0.6 is 0 Å². The van der Waals surface area contributed by atoms with Crippen LogP contribution in [-0.4, -0.2) is 40.6 Å². The Morgan fingerprint density at radius 3 is 2.62 bits per heavy atom. The Labute approximate surface area is 126 Å². The normalized spacial score (nSPS) is 10.6. The maximum atomic E-state index is 13.1. The number of nitrogens with zero attached hydrogens (tertiary/aromatic N) is 2. The number of carbonyl (C=O) groups is 1. The van der Waals surface area contributed by atoms with E-state index in [-0.39, 0.29) is 12.5 Å². The number of aromatic nitrogens is 1. The van der Waals surface area contributed by atoms with Crippen LogP contribution in [0.25, 0.3) is 0 Å². The molecule has 4 nitrogen and oxygen atoms in total. The van der Waals surface area contributed by atoms with E-state index in [0.717, 1.165) is 18.9 Å². The molecule has 1 aromatic heterocycles. The van der Waals surface area contributed by atoms with E-state index < -0.39 is 5.95 Å². The van der Waals surface area contributed by atoms with Crippen LogP contribution in [0, 0.1) is 5.95 Å². The van der Waals surface area contributed by atoms with Crippen LogP contribution < -0.4 is 0 Å². The smallest absolute Gasteiger partial charge is 0.254 e. The molecule has 0 fully saturated rings. The number of carbonyl (C=O) groups excluding carboxylic acids is 1. The van der Waals surface area contributed by atoms with Crippen molar-refractivity contribution in [3.8, 4) is 0 Å². The summed E-state index contributed by atoms with van der Waals surface area (Å²) in [7, 11) is 0. The molecule has 0 bridgehead atoms.